The molecule has 0 aliphatic carbocycles. The monoisotopic (exact) mass is 441 g/mol. The van der Waals surface area contributed by atoms with Gasteiger partial charge in [-0.3, -0.25) is 9.59 Å². The molecular weight excluding hydrogens is 425 g/mol. The van der Waals surface area contributed by atoms with Crippen LogP contribution in [0.5, 0.6) is 0 Å². The lowest BCUT2D eigenvalue weighted by atomic mass is 9.97. The van der Waals surface area contributed by atoms with Crippen molar-refractivity contribution in [3.63, 3.8) is 0 Å². The third-order valence-electron chi connectivity index (χ3n) is 3.69. The van der Waals surface area contributed by atoms with Gasteiger partial charge in [0.05, 0.1) is 0 Å². The summed E-state index contributed by atoms with van der Waals surface area (Å²) in [7, 11) is 0. The molecule has 2 rings (SSSR count). The molecule has 6 heteroatoms. The fourth-order valence-electron chi connectivity index (χ4n) is 2.35. The number of hydrogen-bond acceptors (Lipinski definition) is 2. The number of hydrogen-bond donors (Lipinski definition) is 1. The Kier molecular flexibility index (Phi) is 7.94. The van der Waals surface area contributed by atoms with Crippen LogP contribution < -0.4 is 5.32 Å². The van der Waals surface area contributed by atoms with Crippen LogP contribution >= 0.6 is 39.1 Å². The zero-order chi connectivity index (χ0) is 18.2. The first kappa shape index (κ1) is 20.0. The fraction of sp³-hybridized carbons (Fsp3) is 0.263. The van der Waals surface area contributed by atoms with Gasteiger partial charge in [0.2, 0.25) is 5.91 Å². The molecule has 25 heavy (non-hydrogen) atoms. The van der Waals surface area contributed by atoms with Crippen molar-refractivity contribution >= 4 is 50.8 Å². The maximum absolute atomic E-state index is 12.9. The molecule has 0 saturated heterocycles. The van der Waals surface area contributed by atoms with Gasteiger partial charge < -0.3 is 5.32 Å². The number of alkyl halides is 1. The van der Waals surface area contributed by atoms with E-state index in [2.05, 4.69) is 21.2 Å². The summed E-state index contributed by atoms with van der Waals surface area (Å²) in [5.74, 6) is -0.337. The van der Waals surface area contributed by atoms with Crippen LogP contribution in [0.2, 0.25) is 10.0 Å². The summed E-state index contributed by atoms with van der Waals surface area (Å²) in [5.41, 5.74) is 1.18. The number of nitrogens with one attached hydrogen (secondary N) is 1. The van der Waals surface area contributed by atoms with Gasteiger partial charge in [-0.05, 0) is 54.8 Å². The Morgan fingerprint density at radius 3 is 2.04 bits per heavy atom. The van der Waals surface area contributed by atoms with Gasteiger partial charge in [0.15, 0.2) is 5.78 Å². The highest BCUT2D eigenvalue weighted by atomic mass is 79.9. The van der Waals surface area contributed by atoms with Crippen molar-refractivity contribution < 1.29 is 9.59 Å². The number of carbonyl (C=O) groups is 2. The highest BCUT2D eigenvalue weighted by molar-refractivity contribution is 9.09. The maximum Gasteiger partial charge on any atom is 0.220 e. The Balaban J connectivity index is 2.22. The quantitative estimate of drug-likeness (QED) is 0.328. The molecule has 0 aliphatic rings. The Morgan fingerprint density at radius 1 is 0.920 bits per heavy atom. The minimum Gasteiger partial charge on any atom is -0.342 e. The summed E-state index contributed by atoms with van der Waals surface area (Å²) in [6.07, 6.45) is 2.05. The molecule has 2 aromatic rings. The van der Waals surface area contributed by atoms with Crippen LogP contribution in [0.3, 0.4) is 0 Å². The van der Waals surface area contributed by atoms with E-state index < -0.39 is 6.04 Å². The van der Waals surface area contributed by atoms with Gasteiger partial charge in [-0.25, -0.2) is 0 Å². The third kappa shape index (κ3) is 6.14. The number of carbonyl (C=O) groups excluding carboxylic acids is 2. The summed E-state index contributed by atoms with van der Waals surface area (Å²) in [5, 5.41) is 4.82. The van der Waals surface area contributed by atoms with Crippen molar-refractivity contribution in [2.75, 3.05) is 5.33 Å². The highest BCUT2D eigenvalue weighted by Crippen LogP contribution is 2.22. The summed E-state index contributed by atoms with van der Waals surface area (Å²) in [6, 6.07) is 12.8. The lowest BCUT2D eigenvalue weighted by Crippen LogP contribution is -2.33. The summed E-state index contributed by atoms with van der Waals surface area (Å²) >= 11 is 15.2. The molecule has 1 atom stereocenters. The summed E-state index contributed by atoms with van der Waals surface area (Å²) in [6.45, 7) is 0. The standard InChI is InChI=1S/C19H18BrCl2NO2/c20-12-2-1-3-17(24)23-18(13-4-8-15(21)9-5-13)19(25)14-6-10-16(22)11-7-14/h4-11,18H,1-3,12H2,(H,23,24). The van der Waals surface area contributed by atoms with Crippen molar-refractivity contribution in [2.24, 2.45) is 0 Å². The first-order valence-corrected chi connectivity index (χ1v) is 9.79. The molecule has 1 N–H and O–H groups in total. The molecule has 0 radical (unpaired) electrons. The van der Waals surface area contributed by atoms with Crippen LogP contribution in [0.4, 0.5) is 0 Å². The second-order valence-corrected chi connectivity index (χ2v) is 7.24. The fourth-order valence-corrected chi connectivity index (χ4v) is 3.00. The molecule has 3 nitrogen and oxygen atoms in total. The molecule has 0 spiro atoms. The molecule has 1 unspecified atom stereocenters. The summed E-state index contributed by atoms with van der Waals surface area (Å²) in [4.78, 5) is 25.1. The van der Waals surface area contributed by atoms with E-state index >= 15 is 0 Å². The third-order valence-corrected chi connectivity index (χ3v) is 4.75. The molecule has 1 amide bonds. The number of amides is 1. The Hall–Kier alpha value is -1.36. The smallest absolute Gasteiger partial charge is 0.220 e. The van der Waals surface area contributed by atoms with Crippen molar-refractivity contribution in [1.82, 2.24) is 5.32 Å². The van der Waals surface area contributed by atoms with E-state index in [0.717, 1.165) is 18.2 Å². The van der Waals surface area contributed by atoms with Crippen molar-refractivity contribution in [3.8, 4) is 0 Å². The Morgan fingerprint density at radius 2 is 1.48 bits per heavy atom. The Labute approximate surface area is 165 Å². The van der Waals surface area contributed by atoms with Gasteiger partial charge >= 0.3 is 0 Å². The predicted octanol–water partition coefficient (Wildman–Crippen LogP) is 5.60. The van der Waals surface area contributed by atoms with E-state index in [1.807, 2.05) is 0 Å². The molecule has 0 heterocycles. The van der Waals surface area contributed by atoms with Crippen molar-refractivity contribution in [3.05, 3.63) is 69.7 Å². The van der Waals surface area contributed by atoms with Gasteiger partial charge in [0.25, 0.3) is 0 Å². The predicted molar refractivity (Wildman–Crippen MR) is 106 cm³/mol. The van der Waals surface area contributed by atoms with E-state index in [4.69, 9.17) is 23.2 Å². The van der Waals surface area contributed by atoms with Gasteiger partial charge in [0, 0.05) is 27.4 Å². The SMILES string of the molecule is O=C(CCCCBr)NC(C(=O)c1ccc(Cl)cc1)c1ccc(Cl)cc1. The van der Waals surface area contributed by atoms with E-state index in [1.54, 1.807) is 48.5 Å². The largest absolute Gasteiger partial charge is 0.342 e. The number of rotatable bonds is 8. The molecule has 0 aromatic heterocycles. The first-order chi connectivity index (χ1) is 12.0. The van der Waals surface area contributed by atoms with Crippen molar-refractivity contribution in [1.29, 1.82) is 0 Å². The van der Waals surface area contributed by atoms with Crippen LogP contribution in [-0.2, 0) is 4.79 Å². The number of Topliss-reactive ketones (excluding diaryl/α,β-unsaturated/α-hetero) is 1. The van der Waals surface area contributed by atoms with E-state index in [-0.39, 0.29) is 11.7 Å². The number of ketones is 1. The average Bonchev–Trinajstić information content (AvgIpc) is 2.61. The highest BCUT2D eigenvalue weighted by Gasteiger charge is 2.23. The van der Waals surface area contributed by atoms with E-state index in [1.165, 1.54) is 0 Å². The zero-order valence-corrected chi connectivity index (χ0v) is 16.6. The number of benzene rings is 2. The van der Waals surface area contributed by atoms with E-state index in [9.17, 15) is 9.59 Å². The lowest BCUT2D eigenvalue weighted by molar-refractivity contribution is -0.121. The maximum atomic E-state index is 12.9. The zero-order valence-electron chi connectivity index (χ0n) is 13.5. The topological polar surface area (TPSA) is 46.2 Å². The van der Waals surface area contributed by atoms with Gasteiger partial charge in [-0.1, -0.05) is 51.3 Å². The van der Waals surface area contributed by atoms with Crippen molar-refractivity contribution in [2.45, 2.75) is 25.3 Å². The molecule has 0 fully saturated rings. The van der Waals surface area contributed by atoms with Crippen LogP contribution in [0.1, 0.15) is 41.2 Å². The molecule has 132 valence electrons. The normalized spacial score (nSPS) is 11.8. The molecule has 0 aliphatic heterocycles. The first-order valence-electron chi connectivity index (χ1n) is 7.92. The molecular formula is C19H18BrCl2NO2. The molecule has 2 aromatic carbocycles. The molecule has 0 saturated carbocycles. The Bertz CT molecular complexity index is 717. The minimum absolute atomic E-state index is 0.150. The summed E-state index contributed by atoms with van der Waals surface area (Å²) < 4.78 is 0. The number of unbranched alkanes of at least 4 members (excludes halogenated alkanes) is 1. The van der Waals surface area contributed by atoms with Gasteiger partial charge in [0.1, 0.15) is 6.04 Å². The van der Waals surface area contributed by atoms with Crippen LogP contribution in [0.25, 0.3) is 0 Å². The van der Waals surface area contributed by atoms with Gasteiger partial charge in [-0.15, -0.1) is 0 Å². The number of halogens is 3. The second-order valence-electron chi connectivity index (χ2n) is 5.57. The van der Waals surface area contributed by atoms with Gasteiger partial charge in [-0.2, -0.15) is 0 Å². The van der Waals surface area contributed by atoms with Crippen LogP contribution in [0.15, 0.2) is 48.5 Å². The second kappa shape index (κ2) is 9.95. The van der Waals surface area contributed by atoms with Crippen LogP contribution in [-0.4, -0.2) is 17.0 Å². The molecule has 0 bridgehead atoms. The minimum atomic E-state index is -0.755. The van der Waals surface area contributed by atoms with E-state index in [0.29, 0.717) is 27.6 Å². The lowest BCUT2D eigenvalue weighted by Gasteiger charge is -2.18. The van der Waals surface area contributed by atoms with Crippen LogP contribution in [0, 0.1) is 0 Å². The average molecular weight is 443 g/mol.